The van der Waals surface area contributed by atoms with Crippen LogP contribution in [0.3, 0.4) is 0 Å². The monoisotopic (exact) mass is 203 g/mol. The second-order valence-electron chi connectivity index (χ2n) is 3.96. The SMILES string of the molecule is CC(=O)N(C)CC(=O)O[Si](C)(C)C. The van der Waals surface area contributed by atoms with Gasteiger partial charge in [0, 0.05) is 14.0 Å². The number of hydrogen-bond donors (Lipinski definition) is 0. The molecule has 4 nitrogen and oxygen atoms in total. The fourth-order valence-corrected chi connectivity index (χ4v) is 1.43. The second-order valence-corrected chi connectivity index (χ2v) is 8.39. The zero-order chi connectivity index (χ0) is 10.6. The van der Waals surface area contributed by atoms with E-state index in [1.54, 1.807) is 7.05 Å². The van der Waals surface area contributed by atoms with E-state index >= 15 is 0 Å². The van der Waals surface area contributed by atoms with Crippen LogP contribution in [0.15, 0.2) is 0 Å². The summed E-state index contributed by atoms with van der Waals surface area (Å²) in [6, 6.07) is 0. The van der Waals surface area contributed by atoms with Crippen LogP contribution in [0.5, 0.6) is 0 Å². The summed E-state index contributed by atoms with van der Waals surface area (Å²) in [5, 5.41) is 0. The Bertz CT molecular complexity index is 210. The average Bonchev–Trinajstić information content (AvgIpc) is 1.81. The standard InChI is InChI=1S/C8H17NO3Si/c1-7(10)9(2)6-8(11)12-13(3,4)5/h6H2,1-5H3. The van der Waals surface area contributed by atoms with Gasteiger partial charge in [-0.05, 0) is 19.6 Å². The van der Waals surface area contributed by atoms with Crippen LogP contribution in [0, 0.1) is 0 Å². The third-order valence-electron chi connectivity index (χ3n) is 1.32. The van der Waals surface area contributed by atoms with Crippen molar-refractivity contribution in [2.45, 2.75) is 26.6 Å². The Kier molecular flexibility index (Phi) is 4.12. The van der Waals surface area contributed by atoms with Gasteiger partial charge in [-0.3, -0.25) is 9.59 Å². The first-order valence-electron chi connectivity index (χ1n) is 4.16. The third-order valence-corrected chi connectivity index (χ3v) is 2.16. The number of amides is 1. The quantitative estimate of drug-likeness (QED) is 0.639. The largest absolute Gasteiger partial charge is 0.519 e. The predicted molar refractivity (Wildman–Crippen MR) is 52.7 cm³/mol. The number of carbonyl (C=O) groups is 2. The molecule has 1 amide bonds. The molecule has 0 radical (unpaired) electrons. The minimum atomic E-state index is -1.81. The number of nitrogens with zero attached hydrogens (tertiary/aromatic N) is 1. The van der Waals surface area contributed by atoms with E-state index in [0.29, 0.717) is 0 Å². The molecule has 0 aliphatic rings. The second kappa shape index (κ2) is 4.41. The average molecular weight is 203 g/mol. The van der Waals surface area contributed by atoms with Gasteiger partial charge >= 0.3 is 5.97 Å². The normalized spacial score (nSPS) is 10.8. The minimum Gasteiger partial charge on any atom is -0.519 e. The molecule has 0 aromatic heterocycles. The smallest absolute Gasteiger partial charge is 0.312 e. The lowest BCUT2D eigenvalue weighted by Crippen LogP contribution is -2.37. The maximum atomic E-state index is 11.2. The Morgan fingerprint density at radius 2 is 1.77 bits per heavy atom. The van der Waals surface area contributed by atoms with Crippen molar-refractivity contribution in [3.8, 4) is 0 Å². The summed E-state index contributed by atoms with van der Waals surface area (Å²) in [7, 11) is -0.232. The van der Waals surface area contributed by atoms with E-state index in [1.807, 2.05) is 19.6 Å². The zero-order valence-electron chi connectivity index (χ0n) is 8.88. The summed E-state index contributed by atoms with van der Waals surface area (Å²) in [5.74, 6) is -0.454. The van der Waals surface area contributed by atoms with Gasteiger partial charge in [0.15, 0.2) is 0 Å². The summed E-state index contributed by atoms with van der Waals surface area (Å²) >= 11 is 0. The molecular formula is C8H17NO3Si. The molecule has 0 fully saturated rings. The molecule has 0 N–H and O–H groups in total. The number of carbonyl (C=O) groups excluding carboxylic acids is 2. The van der Waals surface area contributed by atoms with Crippen LogP contribution < -0.4 is 0 Å². The third kappa shape index (κ3) is 6.33. The van der Waals surface area contributed by atoms with E-state index in [-0.39, 0.29) is 18.4 Å². The Balaban J connectivity index is 3.96. The predicted octanol–water partition coefficient (Wildman–Crippen LogP) is 0.843. The highest BCUT2D eigenvalue weighted by atomic mass is 28.4. The lowest BCUT2D eigenvalue weighted by molar-refractivity contribution is -0.141. The number of likely N-dealkylation sites (N-methyl/N-ethyl adjacent to an activating group) is 1. The molecule has 0 saturated carbocycles. The van der Waals surface area contributed by atoms with Crippen molar-refractivity contribution in [2.24, 2.45) is 0 Å². The van der Waals surface area contributed by atoms with Crippen LogP contribution >= 0.6 is 0 Å². The molecular weight excluding hydrogens is 186 g/mol. The molecule has 76 valence electrons. The van der Waals surface area contributed by atoms with E-state index in [9.17, 15) is 9.59 Å². The molecule has 0 heterocycles. The minimum absolute atomic E-state index is 0.0413. The van der Waals surface area contributed by atoms with Crippen LogP contribution in [0.2, 0.25) is 19.6 Å². The molecule has 0 aliphatic carbocycles. The first kappa shape index (κ1) is 12.2. The summed E-state index contributed by atoms with van der Waals surface area (Å²) < 4.78 is 5.16. The zero-order valence-corrected chi connectivity index (χ0v) is 9.88. The number of rotatable bonds is 3. The fraction of sp³-hybridized carbons (Fsp3) is 0.750. The molecule has 0 aromatic rings. The summed E-state index contributed by atoms with van der Waals surface area (Å²) in [6.45, 7) is 7.25. The van der Waals surface area contributed by atoms with Gasteiger partial charge in [0.1, 0.15) is 6.54 Å². The van der Waals surface area contributed by atoms with Crippen LogP contribution in [0.4, 0.5) is 0 Å². The Morgan fingerprint density at radius 1 is 1.31 bits per heavy atom. The van der Waals surface area contributed by atoms with Gasteiger partial charge in [-0.25, -0.2) is 0 Å². The van der Waals surface area contributed by atoms with Crippen molar-refractivity contribution in [1.29, 1.82) is 0 Å². The van der Waals surface area contributed by atoms with Gasteiger partial charge in [-0.2, -0.15) is 0 Å². The molecule has 0 aliphatic heterocycles. The van der Waals surface area contributed by atoms with Crippen molar-refractivity contribution >= 4 is 20.2 Å². The molecule has 0 rings (SSSR count). The van der Waals surface area contributed by atoms with E-state index in [1.165, 1.54) is 11.8 Å². The first-order chi connectivity index (χ1) is 5.72. The molecule has 0 aromatic carbocycles. The van der Waals surface area contributed by atoms with E-state index < -0.39 is 8.32 Å². The van der Waals surface area contributed by atoms with Crippen LogP contribution in [0.1, 0.15) is 6.92 Å². The van der Waals surface area contributed by atoms with E-state index in [2.05, 4.69) is 0 Å². The van der Waals surface area contributed by atoms with Crippen LogP contribution in [-0.4, -0.2) is 38.7 Å². The molecule has 0 bridgehead atoms. The maximum absolute atomic E-state index is 11.2. The van der Waals surface area contributed by atoms with Crippen molar-refractivity contribution in [3.05, 3.63) is 0 Å². The highest BCUT2D eigenvalue weighted by Crippen LogP contribution is 2.03. The molecule has 0 atom stereocenters. The van der Waals surface area contributed by atoms with Crippen LogP contribution in [0.25, 0.3) is 0 Å². The molecule has 0 unspecified atom stereocenters. The van der Waals surface area contributed by atoms with Gasteiger partial charge < -0.3 is 9.33 Å². The van der Waals surface area contributed by atoms with Gasteiger partial charge in [-0.1, -0.05) is 0 Å². The number of hydrogen-bond acceptors (Lipinski definition) is 3. The van der Waals surface area contributed by atoms with Crippen molar-refractivity contribution in [2.75, 3.05) is 13.6 Å². The van der Waals surface area contributed by atoms with Gasteiger partial charge in [0.05, 0.1) is 0 Å². The maximum Gasteiger partial charge on any atom is 0.312 e. The Labute approximate surface area is 80.0 Å². The molecule has 5 heteroatoms. The van der Waals surface area contributed by atoms with Crippen molar-refractivity contribution in [3.63, 3.8) is 0 Å². The molecule has 13 heavy (non-hydrogen) atoms. The topological polar surface area (TPSA) is 46.6 Å². The highest BCUT2D eigenvalue weighted by molar-refractivity contribution is 6.71. The Morgan fingerprint density at radius 3 is 2.08 bits per heavy atom. The lowest BCUT2D eigenvalue weighted by Gasteiger charge is -2.20. The summed E-state index contributed by atoms with van der Waals surface area (Å²) in [4.78, 5) is 23.3. The van der Waals surface area contributed by atoms with Gasteiger partial charge in [0.25, 0.3) is 0 Å². The Hall–Kier alpha value is -0.843. The van der Waals surface area contributed by atoms with Crippen molar-refractivity contribution < 1.29 is 14.0 Å². The van der Waals surface area contributed by atoms with Gasteiger partial charge in [0.2, 0.25) is 14.2 Å². The van der Waals surface area contributed by atoms with Crippen LogP contribution in [-0.2, 0) is 14.0 Å². The van der Waals surface area contributed by atoms with Crippen molar-refractivity contribution in [1.82, 2.24) is 4.90 Å². The summed E-state index contributed by atoms with van der Waals surface area (Å²) in [5.41, 5.74) is 0. The first-order valence-corrected chi connectivity index (χ1v) is 7.57. The highest BCUT2D eigenvalue weighted by Gasteiger charge is 2.21. The summed E-state index contributed by atoms with van der Waals surface area (Å²) in [6.07, 6.45) is 0. The lowest BCUT2D eigenvalue weighted by atomic mass is 10.5. The molecule has 0 saturated heterocycles. The van der Waals surface area contributed by atoms with Gasteiger partial charge in [-0.15, -0.1) is 0 Å². The molecule has 0 spiro atoms. The van der Waals surface area contributed by atoms with E-state index in [0.717, 1.165) is 0 Å². The fourth-order valence-electron chi connectivity index (χ4n) is 0.679. The van der Waals surface area contributed by atoms with E-state index in [4.69, 9.17) is 4.43 Å².